The smallest absolute Gasteiger partial charge is 0.251 e. The molecule has 4 rings (SSSR count). The van der Waals surface area contributed by atoms with E-state index in [0.717, 1.165) is 52.0 Å². The minimum atomic E-state index is -0.738. The van der Waals surface area contributed by atoms with E-state index in [0.29, 0.717) is 5.41 Å². The van der Waals surface area contributed by atoms with Gasteiger partial charge in [0.1, 0.15) is 6.10 Å². The first-order valence-corrected chi connectivity index (χ1v) is 9.38. The molecule has 1 atom stereocenters. The molecular formula is C20H28N2O2. The van der Waals surface area contributed by atoms with Gasteiger partial charge in [0, 0.05) is 19.6 Å². The fourth-order valence-electron chi connectivity index (χ4n) is 4.36. The van der Waals surface area contributed by atoms with Crippen molar-refractivity contribution in [1.29, 1.82) is 0 Å². The van der Waals surface area contributed by atoms with Crippen molar-refractivity contribution in [2.24, 2.45) is 11.3 Å². The predicted octanol–water partition coefficient (Wildman–Crippen LogP) is 2.27. The summed E-state index contributed by atoms with van der Waals surface area (Å²) in [5.74, 6) is 0.225. The van der Waals surface area contributed by atoms with Crippen LogP contribution in [-0.2, 0) is 11.3 Å². The van der Waals surface area contributed by atoms with Crippen LogP contribution in [-0.4, -0.2) is 53.1 Å². The number of hydrogen-bond acceptors (Lipinski definition) is 3. The van der Waals surface area contributed by atoms with Gasteiger partial charge in [-0.15, -0.1) is 0 Å². The molecular weight excluding hydrogens is 300 g/mol. The maximum absolute atomic E-state index is 12.4. The van der Waals surface area contributed by atoms with Crippen molar-refractivity contribution >= 4 is 5.91 Å². The number of hydrogen-bond donors (Lipinski definition) is 1. The monoisotopic (exact) mass is 328 g/mol. The van der Waals surface area contributed by atoms with Gasteiger partial charge in [0.15, 0.2) is 0 Å². The zero-order valence-corrected chi connectivity index (χ0v) is 14.4. The molecule has 3 aliphatic rings. The van der Waals surface area contributed by atoms with Crippen molar-refractivity contribution < 1.29 is 9.90 Å². The Morgan fingerprint density at radius 3 is 2.46 bits per heavy atom. The van der Waals surface area contributed by atoms with Crippen molar-refractivity contribution in [1.82, 2.24) is 9.80 Å². The number of rotatable bonds is 4. The SMILES string of the molecule is O=C(C(O)C1CC1)N1CCC2(CCN(Cc3ccccc3)CC2)C1. The second kappa shape index (κ2) is 6.49. The van der Waals surface area contributed by atoms with Crippen molar-refractivity contribution in [2.75, 3.05) is 26.2 Å². The molecule has 0 bridgehead atoms. The first-order chi connectivity index (χ1) is 11.7. The first kappa shape index (κ1) is 16.1. The van der Waals surface area contributed by atoms with Crippen molar-refractivity contribution in [3.63, 3.8) is 0 Å². The molecule has 1 unspecified atom stereocenters. The van der Waals surface area contributed by atoms with Crippen molar-refractivity contribution in [3.8, 4) is 0 Å². The highest BCUT2D eigenvalue weighted by atomic mass is 16.3. The van der Waals surface area contributed by atoms with Crippen LogP contribution in [0, 0.1) is 11.3 Å². The van der Waals surface area contributed by atoms with Crippen LogP contribution in [0.15, 0.2) is 30.3 Å². The Morgan fingerprint density at radius 2 is 1.79 bits per heavy atom. The molecule has 1 aliphatic carbocycles. The van der Waals surface area contributed by atoms with E-state index < -0.39 is 6.10 Å². The lowest BCUT2D eigenvalue weighted by atomic mass is 9.77. The number of piperidine rings is 1. The van der Waals surface area contributed by atoms with Gasteiger partial charge in [-0.1, -0.05) is 30.3 Å². The van der Waals surface area contributed by atoms with E-state index in [1.807, 2.05) is 4.90 Å². The topological polar surface area (TPSA) is 43.8 Å². The van der Waals surface area contributed by atoms with E-state index in [1.165, 1.54) is 18.4 Å². The number of likely N-dealkylation sites (tertiary alicyclic amines) is 2. The zero-order valence-electron chi connectivity index (χ0n) is 14.4. The molecule has 1 spiro atoms. The molecule has 4 nitrogen and oxygen atoms in total. The Bertz CT molecular complexity index is 577. The maximum atomic E-state index is 12.4. The van der Waals surface area contributed by atoms with Crippen LogP contribution >= 0.6 is 0 Å². The van der Waals surface area contributed by atoms with Crippen LogP contribution < -0.4 is 0 Å². The van der Waals surface area contributed by atoms with Gasteiger partial charge in [0.2, 0.25) is 0 Å². The number of carbonyl (C=O) groups is 1. The van der Waals surface area contributed by atoms with Gasteiger partial charge in [-0.05, 0) is 62.1 Å². The molecule has 4 heteroatoms. The number of benzene rings is 1. The lowest BCUT2D eigenvalue weighted by molar-refractivity contribution is -0.140. The Hall–Kier alpha value is -1.39. The van der Waals surface area contributed by atoms with Crippen LogP contribution in [0.3, 0.4) is 0 Å². The summed E-state index contributed by atoms with van der Waals surface area (Å²) in [5, 5.41) is 10.1. The zero-order chi connectivity index (χ0) is 16.6. The van der Waals surface area contributed by atoms with Gasteiger partial charge < -0.3 is 10.0 Å². The molecule has 24 heavy (non-hydrogen) atoms. The highest BCUT2D eigenvalue weighted by Gasteiger charge is 2.45. The van der Waals surface area contributed by atoms with Crippen LogP contribution in [0.1, 0.15) is 37.7 Å². The van der Waals surface area contributed by atoms with Gasteiger partial charge in [-0.2, -0.15) is 0 Å². The second-order valence-corrected chi connectivity index (χ2v) is 8.05. The van der Waals surface area contributed by atoms with E-state index >= 15 is 0 Å². The largest absolute Gasteiger partial charge is 0.383 e. The summed E-state index contributed by atoms with van der Waals surface area (Å²) in [6.45, 7) is 4.94. The quantitative estimate of drug-likeness (QED) is 0.922. The molecule has 2 aliphatic heterocycles. The van der Waals surface area contributed by atoms with Crippen molar-refractivity contribution in [3.05, 3.63) is 35.9 Å². The van der Waals surface area contributed by atoms with Gasteiger partial charge in [-0.3, -0.25) is 9.69 Å². The average molecular weight is 328 g/mol. The summed E-state index contributed by atoms with van der Waals surface area (Å²) in [4.78, 5) is 16.9. The van der Waals surface area contributed by atoms with Crippen LogP contribution in [0.25, 0.3) is 0 Å². The minimum absolute atomic E-state index is 0.0129. The summed E-state index contributed by atoms with van der Waals surface area (Å²) in [6, 6.07) is 10.7. The van der Waals surface area contributed by atoms with Crippen LogP contribution in [0.4, 0.5) is 0 Å². The molecule has 0 radical (unpaired) electrons. The van der Waals surface area contributed by atoms with Crippen molar-refractivity contribution in [2.45, 2.75) is 44.8 Å². The molecule has 1 amide bonds. The van der Waals surface area contributed by atoms with E-state index in [-0.39, 0.29) is 11.8 Å². The Kier molecular flexibility index (Phi) is 4.35. The Balaban J connectivity index is 1.30. The highest BCUT2D eigenvalue weighted by Crippen LogP contribution is 2.42. The Morgan fingerprint density at radius 1 is 1.12 bits per heavy atom. The normalized spacial score (nSPS) is 25.1. The summed E-state index contributed by atoms with van der Waals surface area (Å²) in [5.41, 5.74) is 1.68. The van der Waals surface area contributed by atoms with Crippen LogP contribution in [0.2, 0.25) is 0 Å². The standard InChI is InChI=1S/C20H28N2O2/c23-18(17-6-7-17)19(24)22-13-10-20(15-22)8-11-21(12-9-20)14-16-4-2-1-3-5-16/h1-5,17-18,23H,6-15H2. The lowest BCUT2D eigenvalue weighted by Gasteiger charge is -2.39. The molecule has 1 aromatic carbocycles. The first-order valence-electron chi connectivity index (χ1n) is 9.38. The van der Waals surface area contributed by atoms with E-state index in [2.05, 4.69) is 35.2 Å². The molecule has 1 aromatic rings. The Labute approximate surface area is 144 Å². The summed E-state index contributed by atoms with van der Waals surface area (Å²) < 4.78 is 0. The maximum Gasteiger partial charge on any atom is 0.251 e. The average Bonchev–Trinajstić information content (AvgIpc) is 3.39. The lowest BCUT2D eigenvalue weighted by Crippen LogP contribution is -2.44. The predicted molar refractivity (Wildman–Crippen MR) is 93.3 cm³/mol. The molecule has 0 aromatic heterocycles. The molecule has 1 saturated carbocycles. The fourth-order valence-corrected chi connectivity index (χ4v) is 4.36. The van der Waals surface area contributed by atoms with Crippen LogP contribution in [0.5, 0.6) is 0 Å². The molecule has 1 N–H and O–H groups in total. The second-order valence-electron chi connectivity index (χ2n) is 8.05. The third-order valence-electron chi connectivity index (χ3n) is 6.24. The van der Waals surface area contributed by atoms with Gasteiger partial charge in [0.25, 0.3) is 5.91 Å². The molecule has 2 heterocycles. The van der Waals surface area contributed by atoms with Gasteiger partial charge in [0.05, 0.1) is 0 Å². The highest BCUT2D eigenvalue weighted by molar-refractivity contribution is 5.81. The van der Waals surface area contributed by atoms with E-state index in [1.54, 1.807) is 0 Å². The number of amides is 1. The number of aliphatic hydroxyl groups excluding tert-OH is 1. The summed E-state index contributed by atoms with van der Waals surface area (Å²) >= 11 is 0. The van der Waals surface area contributed by atoms with Gasteiger partial charge >= 0.3 is 0 Å². The van der Waals surface area contributed by atoms with E-state index in [4.69, 9.17) is 0 Å². The third kappa shape index (κ3) is 3.35. The summed E-state index contributed by atoms with van der Waals surface area (Å²) in [6.07, 6.45) is 4.74. The number of nitrogens with zero attached hydrogens (tertiary/aromatic N) is 2. The summed E-state index contributed by atoms with van der Waals surface area (Å²) in [7, 11) is 0. The third-order valence-corrected chi connectivity index (χ3v) is 6.24. The molecule has 130 valence electrons. The number of carbonyl (C=O) groups excluding carboxylic acids is 1. The number of aliphatic hydroxyl groups is 1. The molecule has 3 fully saturated rings. The van der Waals surface area contributed by atoms with Gasteiger partial charge in [-0.25, -0.2) is 0 Å². The molecule has 2 saturated heterocycles. The van der Waals surface area contributed by atoms with E-state index in [9.17, 15) is 9.90 Å². The fraction of sp³-hybridized carbons (Fsp3) is 0.650. The minimum Gasteiger partial charge on any atom is -0.383 e.